The maximum Gasteiger partial charge on any atom is 0.226 e. The second-order valence-corrected chi connectivity index (χ2v) is 5.47. The summed E-state index contributed by atoms with van der Waals surface area (Å²) in [6.45, 7) is 2.24. The summed E-state index contributed by atoms with van der Waals surface area (Å²) < 4.78 is 15.2. The molecule has 0 spiro atoms. The standard InChI is InChI=1S/C14H13FN6/c1-14(15)8-20(9-14)13-16-6-4-11(19-13)10-7-18-21-12(10)3-2-5-17-21/h2-7H,8-9H2,1H3. The van der Waals surface area contributed by atoms with E-state index in [1.54, 1.807) is 30.1 Å². The Balaban J connectivity index is 1.73. The van der Waals surface area contributed by atoms with Crippen LogP contribution in [0.25, 0.3) is 16.8 Å². The molecule has 1 saturated heterocycles. The van der Waals surface area contributed by atoms with Crippen molar-refractivity contribution in [2.24, 2.45) is 0 Å². The van der Waals surface area contributed by atoms with Crippen LogP contribution in [0.2, 0.25) is 0 Å². The van der Waals surface area contributed by atoms with E-state index in [0.29, 0.717) is 19.0 Å². The molecule has 0 aromatic carbocycles. The molecule has 4 rings (SSSR count). The van der Waals surface area contributed by atoms with Gasteiger partial charge in [0.15, 0.2) is 0 Å². The molecule has 1 fully saturated rings. The first-order chi connectivity index (χ1) is 10.1. The zero-order valence-corrected chi connectivity index (χ0v) is 11.4. The smallest absolute Gasteiger partial charge is 0.226 e. The first kappa shape index (κ1) is 12.2. The van der Waals surface area contributed by atoms with E-state index in [4.69, 9.17) is 0 Å². The largest absolute Gasteiger partial charge is 0.334 e. The van der Waals surface area contributed by atoms with Crippen LogP contribution in [0.3, 0.4) is 0 Å². The van der Waals surface area contributed by atoms with Gasteiger partial charge in [0.1, 0.15) is 5.67 Å². The third-order valence-corrected chi connectivity index (χ3v) is 3.55. The zero-order chi connectivity index (χ0) is 14.4. The van der Waals surface area contributed by atoms with Crippen LogP contribution in [0.15, 0.2) is 36.8 Å². The third-order valence-electron chi connectivity index (χ3n) is 3.55. The minimum absolute atomic E-state index is 0.326. The normalized spacial score (nSPS) is 17.0. The fourth-order valence-corrected chi connectivity index (χ4v) is 2.57. The molecular weight excluding hydrogens is 271 g/mol. The molecule has 6 nitrogen and oxygen atoms in total. The molecule has 0 radical (unpaired) electrons. The highest BCUT2D eigenvalue weighted by Crippen LogP contribution is 2.29. The quantitative estimate of drug-likeness (QED) is 0.717. The minimum Gasteiger partial charge on any atom is -0.334 e. The highest BCUT2D eigenvalue weighted by Gasteiger charge is 2.40. The predicted molar refractivity (Wildman–Crippen MR) is 75.7 cm³/mol. The molecule has 1 aliphatic rings. The summed E-state index contributed by atoms with van der Waals surface area (Å²) in [4.78, 5) is 10.6. The van der Waals surface area contributed by atoms with Gasteiger partial charge in [-0.2, -0.15) is 14.8 Å². The van der Waals surface area contributed by atoms with E-state index < -0.39 is 5.67 Å². The lowest BCUT2D eigenvalue weighted by Crippen LogP contribution is -2.57. The average molecular weight is 284 g/mol. The Bertz CT molecular complexity index is 804. The summed E-state index contributed by atoms with van der Waals surface area (Å²) in [7, 11) is 0. The van der Waals surface area contributed by atoms with Crippen molar-refractivity contribution in [3.63, 3.8) is 0 Å². The van der Waals surface area contributed by atoms with Crippen molar-refractivity contribution >= 4 is 11.5 Å². The van der Waals surface area contributed by atoms with Gasteiger partial charge in [0.25, 0.3) is 0 Å². The lowest BCUT2D eigenvalue weighted by molar-refractivity contribution is 0.143. The Labute approximate surface area is 120 Å². The second-order valence-electron chi connectivity index (χ2n) is 5.47. The van der Waals surface area contributed by atoms with Crippen molar-refractivity contribution in [1.82, 2.24) is 24.8 Å². The van der Waals surface area contributed by atoms with Crippen LogP contribution in [0, 0.1) is 0 Å². The van der Waals surface area contributed by atoms with Gasteiger partial charge in [-0.25, -0.2) is 14.4 Å². The minimum atomic E-state index is -1.15. The van der Waals surface area contributed by atoms with Crippen LogP contribution in [-0.4, -0.2) is 43.6 Å². The van der Waals surface area contributed by atoms with Crippen molar-refractivity contribution in [1.29, 1.82) is 0 Å². The zero-order valence-electron chi connectivity index (χ0n) is 11.4. The number of alkyl halides is 1. The lowest BCUT2D eigenvalue weighted by Gasteiger charge is -2.42. The van der Waals surface area contributed by atoms with Gasteiger partial charge in [0.2, 0.25) is 5.95 Å². The van der Waals surface area contributed by atoms with Gasteiger partial charge in [0, 0.05) is 18.0 Å². The summed E-state index contributed by atoms with van der Waals surface area (Å²) in [6.07, 6.45) is 5.09. The van der Waals surface area contributed by atoms with E-state index in [9.17, 15) is 4.39 Å². The molecule has 3 aromatic heterocycles. The second kappa shape index (κ2) is 4.21. The molecule has 0 bridgehead atoms. The summed E-state index contributed by atoms with van der Waals surface area (Å²) in [5.41, 5.74) is 1.38. The molecule has 0 unspecified atom stereocenters. The van der Waals surface area contributed by atoms with Gasteiger partial charge in [-0.3, -0.25) is 0 Å². The number of halogens is 1. The molecule has 21 heavy (non-hydrogen) atoms. The van der Waals surface area contributed by atoms with Gasteiger partial charge in [-0.15, -0.1) is 0 Å². The summed E-state index contributed by atoms with van der Waals surface area (Å²) in [5, 5.41) is 8.33. The molecular formula is C14H13FN6. The SMILES string of the molecule is CC1(F)CN(c2nccc(-c3cnn4ncccc34)n2)C1. The highest BCUT2D eigenvalue weighted by atomic mass is 19.1. The topological polar surface area (TPSA) is 59.2 Å². The number of aromatic nitrogens is 5. The van der Waals surface area contributed by atoms with E-state index in [1.165, 1.54) is 0 Å². The molecule has 4 heterocycles. The summed E-state index contributed by atoms with van der Waals surface area (Å²) in [5.74, 6) is 0.547. The number of rotatable bonds is 2. The van der Waals surface area contributed by atoms with Crippen LogP contribution in [0.5, 0.6) is 0 Å². The lowest BCUT2D eigenvalue weighted by atomic mass is 10.00. The number of nitrogens with zero attached hydrogens (tertiary/aromatic N) is 6. The maximum atomic E-state index is 13.6. The van der Waals surface area contributed by atoms with Crippen molar-refractivity contribution in [3.8, 4) is 11.3 Å². The first-order valence-electron chi connectivity index (χ1n) is 6.69. The summed E-state index contributed by atoms with van der Waals surface area (Å²) >= 11 is 0. The number of hydrogen-bond donors (Lipinski definition) is 0. The van der Waals surface area contributed by atoms with E-state index in [1.807, 2.05) is 23.1 Å². The fraction of sp³-hybridized carbons (Fsp3) is 0.286. The molecule has 1 aliphatic heterocycles. The van der Waals surface area contributed by atoms with Crippen LogP contribution in [-0.2, 0) is 0 Å². The monoisotopic (exact) mass is 284 g/mol. The van der Waals surface area contributed by atoms with Crippen LogP contribution in [0.1, 0.15) is 6.92 Å². The molecule has 0 N–H and O–H groups in total. The highest BCUT2D eigenvalue weighted by molar-refractivity contribution is 5.77. The van der Waals surface area contributed by atoms with Crippen LogP contribution < -0.4 is 4.90 Å². The Hall–Kier alpha value is -2.57. The Morgan fingerprint density at radius 2 is 2.05 bits per heavy atom. The average Bonchev–Trinajstić information content (AvgIpc) is 2.89. The van der Waals surface area contributed by atoms with Gasteiger partial charge in [0.05, 0.1) is 30.5 Å². The first-order valence-corrected chi connectivity index (χ1v) is 6.69. The number of hydrogen-bond acceptors (Lipinski definition) is 5. The third kappa shape index (κ3) is 2.01. The molecule has 3 aromatic rings. The van der Waals surface area contributed by atoms with Gasteiger partial charge in [-0.1, -0.05) is 0 Å². The van der Waals surface area contributed by atoms with Gasteiger partial charge >= 0.3 is 0 Å². The molecule has 0 aliphatic carbocycles. The molecule has 0 amide bonds. The van der Waals surface area contributed by atoms with Crippen LogP contribution in [0.4, 0.5) is 10.3 Å². The molecule has 0 atom stereocenters. The maximum absolute atomic E-state index is 13.6. The van der Waals surface area contributed by atoms with E-state index >= 15 is 0 Å². The predicted octanol–water partition coefficient (Wildman–Crippen LogP) is 1.73. The Morgan fingerprint density at radius 3 is 2.86 bits per heavy atom. The van der Waals surface area contributed by atoms with Crippen LogP contribution >= 0.6 is 0 Å². The van der Waals surface area contributed by atoms with Crippen molar-refractivity contribution in [2.45, 2.75) is 12.6 Å². The Morgan fingerprint density at radius 1 is 1.19 bits per heavy atom. The number of fused-ring (bicyclic) bond motifs is 1. The van der Waals surface area contributed by atoms with E-state index in [0.717, 1.165) is 16.8 Å². The Kier molecular flexibility index (Phi) is 2.44. The summed E-state index contributed by atoms with van der Waals surface area (Å²) in [6, 6.07) is 5.61. The molecule has 0 saturated carbocycles. The van der Waals surface area contributed by atoms with Crippen molar-refractivity contribution in [3.05, 3.63) is 36.8 Å². The van der Waals surface area contributed by atoms with E-state index in [-0.39, 0.29) is 0 Å². The van der Waals surface area contributed by atoms with Crippen molar-refractivity contribution < 1.29 is 4.39 Å². The van der Waals surface area contributed by atoms with Gasteiger partial charge < -0.3 is 4.90 Å². The number of anilines is 1. The molecule has 106 valence electrons. The van der Waals surface area contributed by atoms with Gasteiger partial charge in [-0.05, 0) is 25.1 Å². The van der Waals surface area contributed by atoms with E-state index in [2.05, 4.69) is 20.2 Å². The van der Waals surface area contributed by atoms with Crippen molar-refractivity contribution in [2.75, 3.05) is 18.0 Å². The molecule has 7 heteroatoms. The fourth-order valence-electron chi connectivity index (χ4n) is 2.57.